The van der Waals surface area contributed by atoms with E-state index in [0.717, 1.165) is 0 Å². The summed E-state index contributed by atoms with van der Waals surface area (Å²) in [5.74, 6) is 0. The molecule has 0 aromatic rings. The smallest absolute Gasteiger partial charge is 0.180 e. The second-order valence-corrected chi connectivity index (χ2v) is 3.08. The van der Waals surface area contributed by atoms with Crippen molar-refractivity contribution in [1.82, 2.24) is 0 Å². The molecule has 0 fully saturated rings. The summed E-state index contributed by atoms with van der Waals surface area (Å²) in [5.41, 5.74) is -0.261. The third kappa shape index (κ3) is 4.73. The van der Waals surface area contributed by atoms with Crippen molar-refractivity contribution in [3.05, 3.63) is 0 Å². The van der Waals surface area contributed by atoms with Crippen LogP contribution in [0.1, 0.15) is 20.8 Å². The van der Waals surface area contributed by atoms with Crippen LogP contribution in [0.4, 0.5) is 0 Å². The number of hydrogen-bond acceptors (Lipinski definition) is 3. The van der Waals surface area contributed by atoms with Crippen LogP contribution in [0, 0.1) is 0 Å². The lowest BCUT2D eigenvalue weighted by atomic mass is 10.2. The van der Waals surface area contributed by atoms with Crippen LogP contribution in [-0.2, 0) is 9.47 Å². The number of ether oxygens (including phenoxy) is 2. The number of hydrogen-bond donors (Lipinski definition) is 1. The van der Waals surface area contributed by atoms with Gasteiger partial charge in [0, 0.05) is 7.11 Å². The predicted octanol–water partition coefficient (Wildman–Crippen LogP) is 0.766. The van der Waals surface area contributed by atoms with Gasteiger partial charge in [-0.25, -0.2) is 0 Å². The standard InChI is InChI=1S/C7H16O3/c1-7(2,3)10-6(5-8)9-4/h6,8H,5H2,1-4H3. The van der Waals surface area contributed by atoms with Crippen molar-refractivity contribution in [2.45, 2.75) is 32.7 Å². The van der Waals surface area contributed by atoms with E-state index >= 15 is 0 Å². The van der Waals surface area contributed by atoms with Crippen molar-refractivity contribution in [2.24, 2.45) is 0 Å². The first-order chi connectivity index (χ1) is 4.49. The molecule has 1 atom stereocenters. The highest BCUT2D eigenvalue weighted by Crippen LogP contribution is 2.10. The summed E-state index contributed by atoms with van der Waals surface area (Å²) in [7, 11) is 1.51. The van der Waals surface area contributed by atoms with Gasteiger partial charge >= 0.3 is 0 Å². The van der Waals surface area contributed by atoms with Gasteiger partial charge in [-0.15, -0.1) is 0 Å². The monoisotopic (exact) mass is 148 g/mol. The van der Waals surface area contributed by atoms with E-state index in [1.165, 1.54) is 7.11 Å². The number of rotatable bonds is 3. The first kappa shape index (κ1) is 9.88. The molecule has 0 spiro atoms. The van der Waals surface area contributed by atoms with Gasteiger partial charge in [0.15, 0.2) is 6.29 Å². The zero-order valence-corrected chi connectivity index (χ0v) is 7.05. The fraction of sp³-hybridized carbons (Fsp3) is 1.00. The number of aliphatic hydroxyl groups is 1. The quantitative estimate of drug-likeness (QED) is 0.601. The molecule has 0 aromatic carbocycles. The van der Waals surface area contributed by atoms with Crippen molar-refractivity contribution in [3.63, 3.8) is 0 Å². The van der Waals surface area contributed by atoms with E-state index in [4.69, 9.17) is 14.6 Å². The van der Waals surface area contributed by atoms with Gasteiger partial charge in [-0.05, 0) is 20.8 Å². The van der Waals surface area contributed by atoms with E-state index in [1.807, 2.05) is 20.8 Å². The normalized spacial score (nSPS) is 15.3. The van der Waals surface area contributed by atoms with Crippen molar-refractivity contribution in [1.29, 1.82) is 0 Å². The average Bonchev–Trinajstić information content (AvgIpc) is 1.81. The molecule has 0 aliphatic carbocycles. The molecule has 3 heteroatoms. The van der Waals surface area contributed by atoms with Gasteiger partial charge in [0.05, 0.1) is 12.2 Å². The third-order valence-electron chi connectivity index (χ3n) is 0.897. The molecule has 62 valence electrons. The van der Waals surface area contributed by atoms with Crippen LogP contribution in [0.5, 0.6) is 0 Å². The summed E-state index contributed by atoms with van der Waals surface area (Å²) < 4.78 is 10.1. The van der Waals surface area contributed by atoms with Crippen LogP contribution in [0.15, 0.2) is 0 Å². The minimum absolute atomic E-state index is 0.103. The highest BCUT2D eigenvalue weighted by Gasteiger charge is 2.16. The van der Waals surface area contributed by atoms with Crippen LogP contribution in [0.3, 0.4) is 0 Å². The molecule has 0 radical (unpaired) electrons. The average molecular weight is 148 g/mol. The molecule has 0 aliphatic rings. The summed E-state index contributed by atoms with van der Waals surface area (Å²) in [6.45, 7) is 5.63. The van der Waals surface area contributed by atoms with Gasteiger partial charge < -0.3 is 14.6 Å². The van der Waals surface area contributed by atoms with Crippen molar-refractivity contribution in [3.8, 4) is 0 Å². The van der Waals surface area contributed by atoms with E-state index in [-0.39, 0.29) is 12.2 Å². The van der Waals surface area contributed by atoms with Crippen LogP contribution in [0.2, 0.25) is 0 Å². The van der Waals surface area contributed by atoms with Gasteiger partial charge in [0.1, 0.15) is 0 Å². The second-order valence-electron chi connectivity index (χ2n) is 3.08. The van der Waals surface area contributed by atoms with E-state index in [9.17, 15) is 0 Å². The highest BCUT2D eigenvalue weighted by atomic mass is 16.7. The molecule has 0 aromatic heterocycles. The largest absolute Gasteiger partial charge is 0.391 e. The molecular formula is C7H16O3. The third-order valence-corrected chi connectivity index (χ3v) is 0.897. The van der Waals surface area contributed by atoms with Crippen LogP contribution < -0.4 is 0 Å². The summed E-state index contributed by atoms with van der Waals surface area (Å²) >= 11 is 0. The minimum atomic E-state index is -0.500. The SMILES string of the molecule is COC(CO)OC(C)(C)C. The Morgan fingerprint density at radius 1 is 1.40 bits per heavy atom. The lowest BCUT2D eigenvalue weighted by Gasteiger charge is -2.24. The maximum atomic E-state index is 8.64. The fourth-order valence-corrected chi connectivity index (χ4v) is 0.554. The van der Waals surface area contributed by atoms with Gasteiger partial charge in [-0.1, -0.05) is 0 Å². The van der Waals surface area contributed by atoms with Gasteiger partial charge in [-0.3, -0.25) is 0 Å². The Morgan fingerprint density at radius 2 is 1.90 bits per heavy atom. The van der Waals surface area contributed by atoms with Gasteiger partial charge in [0.25, 0.3) is 0 Å². The fourth-order valence-electron chi connectivity index (χ4n) is 0.554. The molecule has 1 unspecified atom stereocenters. The topological polar surface area (TPSA) is 38.7 Å². The van der Waals surface area contributed by atoms with Crippen molar-refractivity contribution in [2.75, 3.05) is 13.7 Å². The Hall–Kier alpha value is -0.120. The molecule has 3 nitrogen and oxygen atoms in total. The highest BCUT2D eigenvalue weighted by molar-refractivity contribution is 4.59. The maximum Gasteiger partial charge on any atom is 0.180 e. The summed E-state index contributed by atoms with van der Waals surface area (Å²) in [6, 6.07) is 0. The van der Waals surface area contributed by atoms with E-state index in [2.05, 4.69) is 0 Å². The molecule has 10 heavy (non-hydrogen) atoms. The van der Waals surface area contributed by atoms with Gasteiger partial charge in [0.2, 0.25) is 0 Å². The maximum absolute atomic E-state index is 8.64. The minimum Gasteiger partial charge on any atom is -0.391 e. The first-order valence-corrected chi connectivity index (χ1v) is 3.31. The number of aliphatic hydroxyl groups excluding tert-OH is 1. The Bertz CT molecular complexity index is 81.3. The molecule has 0 heterocycles. The first-order valence-electron chi connectivity index (χ1n) is 3.31. The molecule has 0 bridgehead atoms. The van der Waals surface area contributed by atoms with Crippen LogP contribution >= 0.6 is 0 Å². The Balaban J connectivity index is 3.63. The lowest BCUT2D eigenvalue weighted by molar-refractivity contribution is -0.197. The number of methoxy groups -OCH3 is 1. The van der Waals surface area contributed by atoms with Gasteiger partial charge in [-0.2, -0.15) is 0 Å². The predicted molar refractivity (Wildman–Crippen MR) is 38.7 cm³/mol. The zero-order chi connectivity index (χ0) is 8.20. The van der Waals surface area contributed by atoms with Crippen LogP contribution in [-0.4, -0.2) is 30.7 Å². The molecule has 1 N–H and O–H groups in total. The second kappa shape index (κ2) is 3.91. The zero-order valence-electron chi connectivity index (χ0n) is 7.05. The van der Waals surface area contributed by atoms with E-state index in [1.54, 1.807) is 0 Å². The van der Waals surface area contributed by atoms with E-state index in [0.29, 0.717) is 0 Å². The summed E-state index contributed by atoms with van der Waals surface area (Å²) in [5, 5.41) is 8.64. The van der Waals surface area contributed by atoms with E-state index < -0.39 is 6.29 Å². The molecular weight excluding hydrogens is 132 g/mol. The van der Waals surface area contributed by atoms with Crippen LogP contribution in [0.25, 0.3) is 0 Å². The molecule has 0 rings (SSSR count). The Labute approximate surface area is 62.0 Å². The molecule has 0 saturated carbocycles. The molecule has 0 aliphatic heterocycles. The van der Waals surface area contributed by atoms with Crippen molar-refractivity contribution < 1.29 is 14.6 Å². The van der Waals surface area contributed by atoms with Crippen molar-refractivity contribution >= 4 is 0 Å². The summed E-state index contributed by atoms with van der Waals surface area (Å²) in [4.78, 5) is 0. The Kier molecular flexibility index (Phi) is 3.86. The Morgan fingerprint density at radius 3 is 2.00 bits per heavy atom. The molecule has 0 saturated heterocycles. The molecule has 0 amide bonds. The lowest BCUT2D eigenvalue weighted by Crippen LogP contribution is -2.30. The summed E-state index contributed by atoms with van der Waals surface area (Å²) in [6.07, 6.45) is -0.500.